The largest absolute Gasteiger partial charge is 0.493 e. The molecule has 0 aliphatic carbocycles. The third-order valence-electron chi connectivity index (χ3n) is 2.70. The summed E-state index contributed by atoms with van der Waals surface area (Å²) in [7, 11) is 0. The number of amides is 3. The highest BCUT2D eigenvalue weighted by molar-refractivity contribution is 9.10. The van der Waals surface area contributed by atoms with Gasteiger partial charge in [-0.1, -0.05) is 22.0 Å². The lowest BCUT2D eigenvalue weighted by Gasteiger charge is -2.14. The van der Waals surface area contributed by atoms with Gasteiger partial charge in [-0.05, 0) is 39.0 Å². The summed E-state index contributed by atoms with van der Waals surface area (Å²) in [4.78, 5) is 34.8. The molecule has 0 bridgehead atoms. The summed E-state index contributed by atoms with van der Waals surface area (Å²) in [5, 5.41) is 4.61. The second-order valence-corrected chi connectivity index (χ2v) is 6.22. The summed E-state index contributed by atoms with van der Waals surface area (Å²) in [6, 6.07) is 6.47. The number of hydrogen-bond acceptors (Lipinski definition) is 5. The van der Waals surface area contributed by atoms with Gasteiger partial charge in [-0.25, -0.2) is 4.79 Å². The lowest BCUT2D eigenvalue weighted by Crippen LogP contribution is -2.46. The van der Waals surface area contributed by atoms with Crippen molar-refractivity contribution in [2.45, 2.75) is 39.3 Å². The van der Waals surface area contributed by atoms with Crippen LogP contribution in [0.2, 0.25) is 0 Å². The SMILES string of the molecule is CC(C)NC(=O)NC(=O)[C@H](C)OC(=O)CCOc1cccc(Br)c1. The van der Waals surface area contributed by atoms with Crippen LogP contribution in [0, 0.1) is 0 Å². The Bertz CT molecular complexity index is 592. The number of rotatable bonds is 7. The molecular weight excluding hydrogens is 380 g/mol. The van der Waals surface area contributed by atoms with Crippen molar-refractivity contribution in [2.24, 2.45) is 0 Å². The smallest absolute Gasteiger partial charge is 0.321 e. The van der Waals surface area contributed by atoms with Crippen LogP contribution in [0.3, 0.4) is 0 Å². The van der Waals surface area contributed by atoms with Crippen molar-refractivity contribution in [3.8, 4) is 5.75 Å². The number of carbonyl (C=O) groups is 3. The van der Waals surface area contributed by atoms with E-state index in [1.54, 1.807) is 26.0 Å². The molecule has 1 rings (SSSR count). The molecule has 0 aliphatic heterocycles. The number of nitrogens with one attached hydrogen (secondary N) is 2. The average Bonchev–Trinajstić information content (AvgIpc) is 2.46. The summed E-state index contributed by atoms with van der Waals surface area (Å²) in [5.74, 6) is -0.653. The lowest BCUT2D eigenvalue weighted by atomic mass is 10.3. The Kier molecular flexibility index (Phi) is 8.25. The van der Waals surface area contributed by atoms with Gasteiger partial charge < -0.3 is 14.8 Å². The van der Waals surface area contributed by atoms with Gasteiger partial charge >= 0.3 is 12.0 Å². The van der Waals surface area contributed by atoms with Gasteiger partial charge in [-0.2, -0.15) is 0 Å². The highest BCUT2D eigenvalue weighted by Crippen LogP contribution is 2.17. The Morgan fingerprint density at radius 2 is 1.92 bits per heavy atom. The molecule has 0 aromatic heterocycles. The molecule has 8 heteroatoms. The molecule has 0 radical (unpaired) electrons. The van der Waals surface area contributed by atoms with Crippen molar-refractivity contribution in [3.05, 3.63) is 28.7 Å². The van der Waals surface area contributed by atoms with Gasteiger partial charge in [-0.15, -0.1) is 0 Å². The summed E-state index contributed by atoms with van der Waals surface area (Å²) in [6.45, 7) is 5.04. The standard InChI is InChI=1S/C16H21BrN2O5/c1-10(2)18-16(22)19-15(21)11(3)24-14(20)7-8-23-13-6-4-5-12(17)9-13/h4-6,9-11H,7-8H2,1-3H3,(H2,18,19,21,22)/t11-/m0/s1. The number of imide groups is 1. The van der Waals surface area contributed by atoms with E-state index in [1.807, 2.05) is 12.1 Å². The van der Waals surface area contributed by atoms with Crippen molar-refractivity contribution in [3.63, 3.8) is 0 Å². The summed E-state index contributed by atoms with van der Waals surface area (Å²) < 4.78 is 11.2. The lowest BCUT2D eigenvalue weighted by molar-refractivity contribution is -0.154. The van der Waals surface area contributed by atoms with Crippen LogP contribution in [0.1, 0.15) is 27.2 Å². The highest BCUT2D eigenvalue weighted by Gasteiger charge is 2.20. The Morgan fingerprint density at radius 3 is 2.54 bits per heavy atom. The van der Waals surface area contributed by atoms with E-state index in [-0.39, 0.29) is 19.1 Å². The summed E-state index contributed by atoms with van der Waals surface area (Å²) in [6.07, 6.45) is -1.08. The molecule has 2 N–H and O–H groups in total. The van der Waals surface area contributed by atoms with E-state index < -0.39 is 24.0 Å². The van der Waals surface area contributed by atoms with Crippen LogP contribution >= 0.6 is 15.9 Å². The normalized spacial score (nSPS) is 11.5. The first-order valence-electron chi connectivity index (χ1n) is 7.47. The predicted molar refractivity (Wildman–Crippen MR) is 91.6 cm³/mol. The fourth-order valence-corrected chi connectivity index (χ4v) is 2.01. The van der Waals surface area contributed by atoms with E-state index in [2.05, 4.69) is 26.6 Å². The monoisotopic (exact) mass is 400 g/mol. The minimum absolute atomic E-state index is 0.0116. The minimum atomic E-state index is -1.07. The van der Waals surface area contributed by atoms with Crippen LogP contribution in [-0.4, -0.2) is 36.7 Å². The topological polar surface area (TPSA) is 93.7 Å². The first-order valence-corrected chi connectivity index (χ1v) is 8.26. The number of urea groups is 1. The molecule has 1 aromatic rings. The van der Waals surface area contributed by atoms with E-state index in [0.717, 1.165) is 4.47 Å². The maximum atomic E-state index is 11.7. The van der Waals surface area contributed by atoms with Crippen LogP contribution in [0.5, 0.6) is 5.75 Å². The molecule has 0 heterocycles. The minimum Gasteiger partial charge on any atom is -0.493 e. The van der Waals surface area contributed by atoms with Crippen molar-refractivity contribution < 1.29 is 23.9 Å². The highest BCUT2D eigenvalue weighted by atomic mass is 79.9. The Hall–Kier alpha value is -2.09. The van der Waals surface area contributed by atoms with Crippen molar-refractivity contribution in [1.82, 2.24) is 10.6 Å². The van der Waals surface area contributed by atoms with Gasteiger partial charge in [0.15, 0.2) is 6.10 Å². The van der Waals surface area contributed by atoms with Gasteiger partial charge in [-0.3, -0.25) is 14.9 Å². The van der Waals surface area contributed by atoms with Gasteiger partial charge in [0.2, 0.25) is 0 Å². The molecule has 1 atom stereocenters. The molecule has 0 saturated carbocycles. The molecule has 132 valence electrons. The van der Waals surface area contributed by atoms with Crippen molar-refractivity contribution in [2.75, 3.05) is 6.61 Å². The Morgan fingerprint density at radius 1 is 1.21 bits per heavy atom. The summed E-state index contributed by atoms with van der Waals surface area (Å²) in [5.41, 5.74) is 0. The predicted octanol–water partition coefficient (Wildman–Crippen LogP) is 2.38. The average molecular weight is 401 g/mol. The molecule has 3 amide bonds. The Labute approximate surface area is 149 Å². The van der Waals surface area contributed by atoms with E-state index >= 15 is 0 Å². The van der Waals surface area contributed by atoms with Crippen LogP contribution in [0.4, 0.5) is 4.79 Å². The first kappa shape index (κ1) is 20.0. The second kappa shape index (κ2) is 9.92. The second-order valence-electron chi connectivity index (χ2n) is 5.31. The van der Waals surface area contributed by atoms with Crippen molar-refractivity contribution in [1.29, 1.82) is 0 Å². The molecule has 0 aliphatic rings. The number of hydrogen-bond donors (Lipinski definition) is 2. The van der Waals surface area contributed by atoms with E-state index in [0.29, 0.717) is 5.75 Å². The maximum Gasteiger partial charge on any atom is 0.321 e. The quantitative estimate of drug-likeness (QED) is 0.685. The van der Waals surface area contributed by atoms with Gasteiger partial charge in [0.1, 0.15) is 5.75 Å². The van der Waals surface area contributed by atoms with Crippen LogP contribution < -0.4 is 15.4 Å². The zero-order valence-electron chi connectivity index (χ0n) is 13.8. The molecule has 0 saturated heterocycles. The van der Waals surface area contributed by atoms with E-state index in [9.17, 15) is 14.4 Å². The number of carbonyl (C=O) groups excluding carboxylic acids is 3. The van der Waals surface area contributed by atoms with Crippen LogP contribution in [-0.2, 0) is 14.3 Å². The number of halogens is 1. The maximum absolute atomic E-state index is 11.7. The van der Waals surface area contributed by atoms with Gasteiger partial charge in [0.25, 0.3) is 5.91 Å². The zero-order valence-corrected chi connectivity index (χ0v) is 15.4. The summed E-state index contributed by atoms with van der Waals surface area (Å²) >= 11 is 3.32. The van der Waals surface area contributed by atoms with E-state index in [1.165, 1.54) is 6.92 Å². The Balaban J connectivity index is 2.30. The first-order chi connectivity index (χ1) is 11.3. The van der Waals surface area contributed by atoms with Crippen LogP contribution in [0.25, 0.3) is 0 Å². The van der Waals surface area contributed by atoms with Gasteiger partial charge in [0.05, 0.1) is 13.0 Å². The molecule has 1 aromatic carbocycles. The van der Waals surface area contributed by atoms with Crippen LogP contribution in [0.15, 0.2) is 28.7 Å². The third-order valence-corrected chi connectivity index (χ3v) is 3.20. The van der Waals surface area contributed by atoms with Crippen molar-refractivity contribution >= 4 is 33.8 Å². The fourth-order valence-electron chi connectivity index (χ4n) is 1.63. The number of esters is 1. The third kappa shape index (κ3) is 7.96. The number of ether oxygens (including phenoxy) is 2. The molecule has 7 nitrogen and oxygen atoms in total. The number of benzene rings is 1. The molecule has 0 unspecified atom stereocenters. The fraction of sp³-hybridized carbons (Fsp3) is 0.438. The zero-order chi connectivity index (χ0) is 18.1. The molecular formula is C16H21BrN2O5. The molecule has 24 heavy (non-hydrogen) atoms. The molecule has 0 spiro atoms. The van der Waals surface area contributed by atoms with E-state index in [4.69, 9.17) is 9.47 Å². The molecule has 0 fully saturated rings. The van der Waals surface area contributed by atoms with Gasteiger partial charge in [0, 0.05) is 10.5 Å².